The molecule has 1 atom stereocenters. The Morgan fingerprint density at radius 1 is 0.750 bits per heavy atom. The number of aromatic nitrogens is 10. The van der Waals surface area contributed by atoms with Gasteiger partial charge in [-0.1, -0.05) is 26.0 Å². The zero-order valence-corrected chi connectivity index (χ0v) is 30.9. The normalized spacial score (nSPS) is 14.8. The molecule has 4 aromatic heterocycles. The van der Waals surface area contributed by atoms with Crippen molar-refractivity contribution in [3.05, 3.63) is 84.7 Å². The molecule has 290 valence electrons. The highest BCUT2D eigenvalue weighted by molar-refractivity contribution is 5.90. The van der Waals surface area contributed by atoms with Gasteiger partial charge >= 0.3 is 12.2 Å². The molecule has 2 fully saturated rings. The zero-order valence-electron chi connectivity index (χ0n) is 30.9. The predicted molar refractivity (Wildman–Crippen MR) is 195 cm³/mol. The highest BCUT2D eigenvalue weighted by atomic mass is 19.1. The van der Waals surface area contributed by atoms with Gasteiger partial charge in [-0.05, 0) is 59.0 Å². The summed E-state index contributed by atoms with van der Waals surface area (Å²) in [5.41, 5.74) is 3.88. The number of rotatable bonds is 9. The van der Waals surface area contributed by atoms with E-state index in [0.29, 0.717) is 69.8 Å². The van der Waals surface area contributed by atoms with Crippen LogP contribution >= 0.6 is 0 Å². The maximum Gasteiger partial charge on any atom is 0.414 e. The number of hydrogen-bond acceptors (Lipinski definition) is 14. The van der Waals surface area contributed by atoms with Crippen LogP contribution in [-0.2, 0) is 33.3 Å². The molecule has 0 bridgehead atoms. The van der Waals surface area contributed by atoms with Crippen LogP contribution < -0.4 is 9.80 Å². The summed E-state index contributed by atoms with van der Waals surface area (Å²) in [6.45, 7) is 5.06. The monoisotopic (exact) mass is 770 g/mol. The second kappa shape index (κ2) is 17.6. The fourth-order valence-corrected chi connectivity index (χ4v) is 5.55. The topological polar surface area (TPSA) is 191 Å². The summed E-state index contributed by atoms with van der Waals surface area (Å²) in [6.07, 6.45) is 1.57. The van der Waals surface area contributed by atoms with Crippen LogP contribution in [0.25, 0.3) is 45.3 Å². The van der Waals surface area contributed by atoms with Gasteiger partial charge in [0, 0.05) is 34.6 Å². The summed E-state index contributed by atoms with van der Waals surface area (Å²) in [4.78, 5) is 46.9. The van der Waals surface area contributed by atoms with Crippen molar-refractivity contribution >= 4 is 23.6 Å². The van der Waals surface area contributed by atoms with E-state index in [9.17, 15) is 18.4 Å². The van der Waals surface area contributed by atoms with Gasteiger partial charge in [-0.2, -0.15) is 9.59 Å². The van der Waals surface area contributed by atoms with Gasteiger partial charge in [0.1, 0.15) is 42.3 Å². The van der Waals surface area contributed by atoms with Crippen molar-refractivity contribution in [2.45, 2.75) is 20.0 Å². The largest absolute Gasteiger partial charge is 0.447 e. The van der Waals surface area contributed by atoms with E-state index < -0.39 is 29.9 Å². The summed E-state index contributed by atoms with van der Waals surface area (Å²) in [7, 11) is 4.69. The second-order valence-corrected chi connectivity index (χ2v) is 11.7. The van der Waals surface area contributed by atoms with E-state index in [4.69, 9.17) is 14.4 Å². The van der Waals surface area contributed by atoms with Crippen molar-refractivity contribution in [1.82, 2.24) is 50.4 Å². The summed E-state index contributed by atoms with van der Waals surface area (Å²) < 4.78 is 39.3. The molecule has 2 aliphatic rings. The summed E-state index contributed by atoms with van der Waals surface area (Å²) in [5, 5.41) is 23.4. The minimum absolute atomic E-state index is 0.0952. The Kier molecular flexibility index (Phi) is 12.2. The molecule has 0 spiro atoms. The number of anilines is 2. The Labute approximate surface area is 318 Å². The van der Waals surface area contributed by atoms with Crippen LogP contribution in [0.4, 0.5) is 29.7 Å². The molecule has 6 heterocycles. The molecule has 0 N–H and O–H groups in total. The van der Waals surface area contributed by atoms with Crippen molar-refractivity contribution in [1.29, 1.82) is 0 Å². The van der Waals surface area contributed by atoms with E-state index in [2.05, 4.69) is 45.7 Å². The Balaban J connectivity index is 0.000000184. The van der Waals surface area contributed by atoms with Crippen LogP contribution in [0.5, 0.6) is 0 Å². The van der Waals surface area contributed by atoms with Crippen LogP contribution in [0.3, 0.4) is 0 Å². The average Bonchev–Trinajstić information content (AvgIpc) is 4.03. The van der Waals surface area contributed by atoms with Gasteiger partial charge in [-0.25, -0.2) is 28.1 Å². The minimum Gasteiger partial charge on any atom is -0.447 e. The number of carbonyl (C=O) groups is 2. The molecule has 2 saturated heterocycles. The third kappa shape index (κ3) is 8.77. The Morgan fingerprint density at radius 2 is 1.29 bits per heavy atom. The molecule has 0 saturated carbocycles. The zero-order chi connectivity index (χ0) is 39.8. The number of halogens is 2. The van der Waals surface area contributed by atoms with Gasteiger partial charge in [0.05, 0.1) is 45.7 Å². The van der Waals surface area contributed by atoms with Crippen molar-refractivity contribution in [2.24, 2.45) is 14.1 Å². The lowest BCUT2D eigenvalue weighted by molar-refractivity contribution is -0.281. The van der Waals surface area contributed by atoms with Crippen molar-refractivity contribution < 1.29 is 37.6 Å². The number of carbonyl (C=O) groups excluding carboxylic acids is 2. The first-order chi connectivity index (χ1) is 27.2. The molecule has 6 aromatic rings. The average molecular weight is 771 g/mol. The molecule has 20 heteroatoms. The van der Waals surface area contributed by atoms with E-state index in [1.807, 2.05) is 13.8 Å². The Hall–Kier alpha value is -6.80. The number of nitrogens with zero attached hydrogens (tertiary/aromatic N) is 12. The number of amides is 2. The standard InChI is InChI=1S/C18H17FN6O4.C16H13FN6O2.C2H6/c1-24-22-17(21-23-24)16-6-3-11(8-20-16)14-5-4-12(7-15(14)19)25-9-13(10-28-27-2)29-18(25)26;1-22-20-15(19-21-22)14-5-2-10(9-18-14)12-4-3-11(8-13(12)17)23-6-7-25-16(23)24;1-2/h3-8,13H,9-10H2,1-2H3;2-5,8-9H,6-7H2,1H3;1-2H3/t13-;;/m1../s1. The third-order valence-corrected chi connectivity index (χ3v) is 8.16. The summed E-state index contributed by atoms with van der Waals surface area (Å²) in [6, 6.07) is 16.0. The summed E-state index contributed by atoms with van der Waals surface area (Å²) in [5.74, 6) is -0.143. The van der Waals surface area contributed by atoms with Crippen molar-refractivity contribution in [2.75, 3.05) is 43.2 Å². The van der Waals surface area contributed by atoms with Gasteiger partial charge in [0.15, 0.2) is 0 Å². The SMILES string of the molecule is CC.COOC[C@H]1CN(c2ccc(-c3ccc(-c4nnn(C)n4)nc3)c(F)c2)C(=O)O1.Cn1nnc(-c2ccc(-c3ccc(N4CCOC4=O)cc3F)cn2)n1. The molecule has 2 aliphatic heterocycles. The lowest BCUT2D eigenvalue weighted by Gasteiger charge is -2.14. The van der Waals surface area contributed by atoms with E-state index in [0.717, 1.165) is 0 Å². The first-order valence-corrected chi connectivity index (χ1v) is 17.3. The van der Waals surface area contributed by atoms with Crippen LogP contribution in [0.15, 0.2) is 73.1 Å². The lowest BCUT2D eigenvalue weighted by Crippen LogP contribution is -2.26. The maximum absolute atomic E-state index is 14.8. The molecular weight excluding hydrogens is 734 g/mol. The number of tetrazole rings is 2. The van der Waals surface area contributed by atoms with Crippen LogP contribution in [-0.4, -0.2) is 102 Å². The fraction of sp³-hybridized carbons (Fsp3) is 0.278. The molecule has 2 aromatic carbocycles. The second-order valence-electron chi connectivity index (χ2n) is 11.7. The van der Waals surface area contributed by atoms with Crippen LogP contribution in [0.2, 0.25) is 0 Å². The van der Waals surface area contributed by atoms with E-state index in [1.54, 1.807) is 68.8 Å². The highest BCUT2D eigenvalue weighted by Gasteiger charge is 2.33. The van der Waals surface area contributed by atoms with Crippen molar-refractivity contribution in [3.8, 4) is 45.3 Å². The maximum atomic E-state index is 14.8. The molecule has 0 aliphatic carbocycles. The van der Waals surface area contributed by atoms with Crippen LogP contribution in [0, 0.1) is 11.6 Å². The first kappa shape index (κ1) is 38.9. The van der Waals surface area contributed by atoms with E-state index in [-0.39, 0.29) is 13.2 Å². The number of cyclic esters (lactones) is 2. The smallest absolute Gasteiger partial charge is 0.414 e. The fourth-order valence-electron chi connectivity index (χ4n) is 5.55. The van der Waals surface area contributed by atoms with E-state index in [1.165, 1.54) is 44.8 Å². The van der Waals surface area contributed by atoms with Gasteiger partial charge in [-0.15, -0.1) is 20.4 Å². The van der Waals surface area contributed by atoms with Gasteiger partial charge in [0.25, 0.3) is 0 Å². The molecule has 2 amide bonds. The number of benzene rings is 2. The summed E-state index contributed by atoms with van der Waals surface area (Å²) >= 11 is 0. The van der Waals surface area contributed by atoms with E-state index >= 15 is 0 Å². The minimum atomic E-state index is -0.565. The number of hydrogen-bond donors (Lipinski definition) is 0. The first-order valence-electron chi connectivity index (χ1n) is 17.3. The van der Waals surface area contributed by atoms with Gasteiger partial charge in [-0.3, -0.25) is 19.8 Å². The third-order valence-electron chi connectivity index (χ3n) is 8.16. The predicted octanol–water partition coefficient (Wildman–Crippen LogP) is 5.04. The quantitative estimate of drug-likeness (QED) is 0.140. The van der Waals surface area contributed by atoms with Gasteiger partial charge < -0.3 is 9.47 Å². The number of ether oxygens (including phenoxy) is 2. The number of pyridine rings is 2. The molecular formula is C36H36F2N12O6. The Bertz CT molecular complexity index is 2290. The molecule has 56 heavy (non-hydrogen) atoms. The Morgan fingerprint density at radius 3 is 1.70 bits per heavy atom. The number of aryl methyl sites for hydroxylation is 2. The lowest BCUT2D eigenvalue weighted by atomic mass is 10.1. The molecule has 0 unspecified atom stereocenters. The van der Waals surface area contributed by atoms with Gasteiger partial charge in [0.2, 0.25) is 11.6 Å². The molecule has 18 nitrogen and oxygen atoms in total. The molecule has 0 radical (unpaired) electrons. The van der Waals surface area contributed by atoms with Crippen molar-refractivity contribution in [3.63, 3.8) is 0 Å². The molecule has 8 rings (SSSR count). The highest BCUT2D eigenvalue weighted by Crippen LogP contribution is 2.31. The van der Waals surface area contributed by atoms with Crippen LogP contribution in [0.1, 0.15) is 13.8 Å².